The number of allylic oxidation sites excluding steroid dienone is 1. The summed E-state index contributed by atoms with van der Waals surface area (Å²) < 4.78 is 0. The van der Waals surface area contributed by atoms with Crippen molar-refractivity contribution in [2.75, 3.05) is 0 Å². The van der Waals surface area contributed by atoms with Crippen LogP contribution in [0.1, 0.15) is 6.92 Å². The molecule has 11 heavy (non-hydrogen) atoms. The molecule has 0 rings (SSSR count). The van der Waals surface area contributed by atoms with Crippen LogP contribution >= 0.6 is 0 Å². The fraction of sp³-hybridized carbons (Fsp3) is 0.167. The van der Waals surface area contributed by atoms with Crippen LogP contribution in [-0.4, -0.2) is 10.9 Å². The number of amides is 1. The first kappa shape index (κ1) is 9.51. The number of carbonyl (C=O) groups excluding carboxylic acids is 1. The summed E-state index contributed by atoms with van der Waals surface area (Å²) in [4.78, 5) is 10.9. The highest BCUT2D eigenvalue weighted by molar-refractivity contribution is 5.88. The van der Waals surface area contributed by atoms with E-state index < -0.39 is 5.91 Å². The van der Waals surface area contributed by atoms with Crippen molar-refractivity contribution >= 4 is 5.91 Å². The molecule has 6 N–H and O–H groups in total. The van der Waals surface area contributed by atoms with Gasteiger partial charge in [0.15, 0.2) is 0 Å². The Morgan fingerprint density at radius 2 is 2.00 bits per heavy atom. The summed E-state index contributed by atoms with van der Waals surface area (Å²) in [6.07, 6.45) is 1.16. The lowest BCUT2D eigenvalue weighted by molar-refractivity contribution is -0.124. The lowest BCUT2D eigenvalue weighted by Gasteiger charge is -2.12. The molecule has 0 heterocycles. The molecule has 0 aliphatic heterocycles. The van der Waals surface area contributed by atoms with Crippen LogP contribution in [0.2, 0.25) is 0 Å². The van der Waals surface area contributed by atoms with E-state index in [9.17, 15) is 4.79 Å². The normalized spacial score (nSPS) is 10.9. The highest BCUT2D eigenvalue weighted by Gasteiger charge is 2.05. The Morgan fingerprint density at radius 1 is 1.55 bits per heavy atom. The number of nitrogens with two attached hydrogens (primary N) is 3. The Hall–Kier alpha value is -1.49. The molecule has 0 saturated heterocycles. The Balaban J connectivity index is 4.27. The molecule has 0 aromatic heterocycles. The van der Waals surface area contributed by atoms with Crippen molar-refractivity contribution in [3.05, 3.63) is 24.2 Å². The van der Waals surface area contributed by atoms with Crippen LogP contribution in [0.15, 0.2) is 24.2 Å². The molecule has 0 radical (unpaired) electrons. The smallest absolute Gasteiger partial charge is 0.268 e. The van der Waals surface area contributed by atoms with Crippen LogP contribution < -0.4 is 17.3 Å². The van der Waals surface area contributed by atoms with Crippen LogP contribution in [0, 0.1) is 0 Å². The van der Waals surface area contributed by atoms with Crippen LogP contribution in [0.5, 0.6) is 0 Å². The van der Waals surface area contributed by atoms with Gasteiger partial charge < -0.3 is 11.5 Å². The van der Waals surface area contributed by atoms with Gasteiger partial charge in [-0.1, -0.05) is 6.58 Å². The largest absolute Gasteiger partial charge is 0.402 e. The molecule has 1 amide bonds. The topological polar surface area (TPSA) is 98.4 Å². The van der Waals surface area contributed by atoms with E-state index in [1.54, 1.807) is 6.92 Å². The molecule has 5 nitrogen and oxygen atoms in total. The summed E-state index contributed by atoms with van der Waals surface area (Å²) in [5.74, 6) is 4.66. The molecule has 0 spiro atoms. The minimum Gasteiger partial charge on any atom is -0.402 e. The van der Waals surface area contributed by atoms with Gasteiger partial charge in [0.05, 0.1) is 0 Å². The van der Waals surface area contributed by atoms with Crippen molar-refractivity contribution in [1.82, 2.24) is 5.01 Å². The standard InChI is InChI=1S/C6H12N4O/c1-4(7)3-6(11)10(9)5(2)8/h3H,2,7-9H2,1H3/b4-3-. The molecule has 0 aliphatic rings. The second kappa shape index (κ2) is 3.62. The zero-order chi connectivity index (χ0) is 9.02. The first-order valence-electron chi connectivity index (χ1n) is 2.92. The van der Waals surface area contributed by atoms with E-state index in [1.807, 2.05) is 0 Å². The van der Waals surface area contributed by atoms with E-state index in [0.717, 1.165) is 11.1 Å². The Bertz CT molecular complexity index is 205. The first-order chi connectivity index (χ1) is 4.95. The van der Waals surface area contributed by atoms with Gasteiger partial charge in [-0.15, -0.1) is 0 Å². The van der Waals surface area contributed by atoms with Gasteiger partial charge in [-0.3, -0.25) is 4.79 Å². The van der Waals surface area contributed by atoms with Gasteiger partial charge in [-0.05, 0) is 6.92 Å². The third-order valence-corrected chi connectivity index (χ3v) is 0.898. The zero-order valence-electron chi connectivity index (χ0n) is 6.37. The lowest BCUT2D eigenvalue weighted by Crippen LogP contribution is -2.38. The lowest BCUT2D eigenvalue weighted by atomic mass is 10.4. The zero-order valence-corrected chi connectivity index (χ0v) is 6.37. The average Bonchev–Trinajstić information content (AvgIpc) is 1.84. The molecule has 0 aliphatic carbocycles. The number of hydrazine groups is 1. The van der Waals surface area contributed by atoms with Gasteiger partial charge in [0.2, 0.25) is 0 Å². The average molecular weight is 156 g/mol. The predicted molar refractivity (Wildman–Crippen MR) is 42.3 cm³/mol. The second-order valence-electron chi connectivity index (χ2n) is 2.09. The molecule has 0 bridgehead atoms. The summed E-state index contributed by atoms with van der Waals surface area (Å²) >= 11 is 0. The molecule has 0 unspecified atom stereocenters. The van der Waals surface area contributed by atoms with Crippen LogP contribution in [0.3, 0.4) is 0 Å². The Labute approximate surface area is 65.1 Å². The van der Waals surface area contributed by atoms with Gasteiger partial charge in [0.25, 0.3) is 5.91 Å². The molecule has 62 valence electrons. The molecule has 0 aromatic carbocycles. The van der Waals surface area contributed by atoms with E-state index in [1.165, 1.54) is 0 Å². The Kier molecular flexibility index (Phi) is 3.13. The van der Waals surface area contributed by atoms with Crippen molar-refractivity contribution in [3.8, 4) is 0 Å². The number of carbonyl (C=O) groups is 1. The summed E-state index contributed by atoms with van der Waals surface area (Å²) in [5, 5.41) is 0.719. The van der Waals surface area contributed by atoms with Crippen molar-refractivity contribution in [3.63, 3.8) is 0 Å². The highest BCUT2D eigenvalue weighted by atomic mass is 16.2. The van der Waals surface area contributed by atoms with Crippen molar-refractivity contribution in [2.24, 2.45) is 17.3 Å². The van der Waals surface area contributed by atoms with Gasteiger partial charge in [-0.25, -0.2) is 10.9 Å². The highest BCUT2D eigenvalue weighted by Crippen LogP contribution is 1.90. The maximum atomic E-state index is 10.9. The van der Waals surface area contributed by atoms with Gasteiger partial charge in [0, 0.05) is 11.8 Å². The SMILES string of the molecule is C=C(N)N(N)C(=O)/C=C(/C)N. The van der Waals surface area contributed by atoms with Gasteiger partial charge in [0.1, 0.15) is 5.82 Å². The minimum atomic E-state index is -0.488. The maximum Gasteiger partial charge on any atom is 0.268 e. The van der Waals surface area contributed by atoms with E-state index in [4.69, 9.17) is 17.3 Å². The summed E-state index contributed by atoms with van der Waals surface area (Å²) in [6.45, 7) is 4.85. The Morgan fingerprint density at radius 3 is 2.27 bits per heavy atom. The molecule has 0 fully saturated rings. The molecular weight excluding hydrogens is 144 g/mol. The van der Waals surface area contributed by atoms with Crippen molar-refractivity contribution < 1.29 is 4.79 Å². The molecule has 0 saturated carbocycles. The van der Waals surface area contributed by atoms with Gasteiger partial charge >= 0.3 is 0 Å². The predicted octanol–water partition coefficient (Wildman–Crippen LogP) is -1.02. The number of rotatable bonds is 2. The second-order valence-corrected chi connectivity index (χ2v) is 2.09. The van der Waals surface area contributed by atoms with Crippen LogP contribution in [0.4, 0.5) is 0 Å². The van der Waals surface area contributed by atoms with Crippen LogP contribution in [-0.2, 0) is 4.79 Å². The van der Waals surface area contributed by atoms with E-state index in [-0.39, 0.29) is 5.82 Å². The molecule has 0 atom stereocenters. The minimum absolute atomic E-state index is 0.0208. The third kappa shape index (κ3) is 3.27. The number of hydrogen-bond donors (Lipinski definition) is 3. The molecule has 0 aromatic rings. The summed E-state index contributed by atoms with van der Waals surface area (Å²) in [7, 11) is 0. The van der Waals surface area contributed by atoms with Crippen LogP contribution in [0.25, 0.3) is 0 Å². The van der Waals surface area contributed by atoms with E-state index in [2.05, 4.69) is 6.58 Å². The number of hydrogen-bond acceptors (Lipinski definition) is 4. The maximum absolute atomic E-state index is 10.9. The fourth-order valence-electron chi connectivity index (χ4n) is 0.406. The van der Waals surface area contributed by atoms with E-state index in [0.29, 0.717) is 5.70 Å². The number of nitrogens with zero attached hydrogens (tertiary/aromatic N) is 1. The van der Waals surface area contributed by atoms with Crippen molar-refractivity contribution in [2.45, 2.75) is 6.92 Å². The van der Waals surface area contributed by atoms with E-state index >= 15 is 0 Å². The third-order valence-electron chi connectivity index (χ3n) is 0.898. The fourth-order valence-corrected chi connectivity index (χ4v) is 0.406. The van der Waals surface area contributed by atoms with Gasteiger partial charge in [-0.2, -0.15) is 0 Å². The summed E-state index contributed by atoms with van der Waals surface area (Å²) in [6, 6.07) is 0. The first-order valence-corrected chi connectivity index (χ1v) is 2.92. The quantitative estimate of drug-likeness (QED) is 0.206. The van der Waals surface area contributed by atoms with Crippen molar-refractivity contribution in [1.29, 1.82) is 0 Å². The monoisotopic (exact) mass is 156 g/mol. The summed E-state index contributed by atoms with van der Waals surface area (Å²) in [5.41, 5.74) is 10.7. The molecular formula is C6H12N4O. The molecule has 5 heteroatoms.